The molecule has 0 saturated carbocycles. The molecule has 28 heavy (non-hydrogen) atoms. The highest BCUT2D eigenvalue weighted by atomic mass is 16.2. The molecule has 0 fully saturated rings. The summed E-state index contributed by atoms with van der Waals surface area (Å²) in [6.07, 6.45) is 1.71. The van der Waals surface area contributed by atoms with Crippen LogP contribution in [0, 0.1) is 0 Å². The fraction of sp³-hybridized carbons (Fsp3) is 0.182. The normalized spacial score (nSPS) is 21.4. The van der Waals surface area contributed by atoms with E-state index in [-0.39, 0.29) is 23.1 Å². The lowest BCUT2D eigenvalue weighted by Gasteiger charge is -2.33. The lowest BCUT2D eigenvalue weighted by molar-refractivity contribution is -0.118. The highest BCUT2D eigenvalue weighted by Crippen LogP contribution is 2.41. The third-order valence-electron chi connectivity index (χ3n) is 5.32. The van der Waals surface area contributed by atoms with Gasteiger partial charge in [0.25, 0.3) is 5.91 Å². The molecule has 0 aromatic heterocycles. The lowest BCUT2D eigenvalue weighted by atomic mass is 9.77. The van der Waals surface area contributed by atoms with E-state index in [4.69, 9.17) is 5.73 Å². The highest BCUT2D eigenvalue weighted by Gasteiger charge is 2.31. The van der Waals surface area contributed by atoms with Gasteiger partial charge in [0.1, 0.15) is 5.70 Å². The van der Waals surface area contributed by atoms with Gasteiger partial charge in [-0.05, 0) is 29.5 Å². The minimum atomic E-state index is -0.516. The summed E-state index contributed by atoms with van der Waals surface area (Å²) in [7, 11) is 0. The Kier molecular flexibility index (Phi) is 4.61. The van der Waals surface area contributed by atoms with Gasteiger partial charge in [-0.15, -0.1) is 0 Å². The molecule has 0 radical (unpaired) electrons. The quantitative estimate of drug-likeness (QED) is 0.665. The van der Waals surface area contributed by atoms with E-state index in [1.807, 2.05) is 36.4 Å². The van der Waals surface area contributed by atoms with E-state index >= 15 is 0 Å². The number of urea groups is 1. The molecular formula is C22H22N4O2. The third-order valence-corrected chi connectivity index (χ3v) is 5.32. The topological polar surface area (TPSA) is 96.2 Å². The van der Waals surface area contributed by atoms with E-state index in [0.717, 1.165) is 18.4 Å². The van der Waals surface area contributed by atoms with Gasteiger partial charge in [-0.2, -0.15) is 0 Å². The second kappa shape index (κ2) is 7.23. The van der Waals surface area contributed by atoms with Crippen LogP contribution in [0.1, 0.15) is 41.5 Å². The first-order chi connectivity index (χ1) is 13.5. The Morgan fingerprint density at radius 1 is 1.00 bits per heavy atom. The smallest absolute Gasteiger partial charge is 0.323 e. The number of rotatable bonds is 3. The molecule has 142 valence electrons. The van der Waals surface area contributed by atoms with Gasteiger partial charge in [-0.3, -0.25) is 4.79 Å². The van der Waals surface area contributed by atoms with Gasteiger partial charge in [-0.25, -0.2) is 4.79 Å². The average Bonchev–Trinajstić information content (AvgIpc) is 2.71. The molecule has 3 amide bonds. The summed E-state index contributed by atoms with van der Waals surface area (Å²) < 4.78 is 0. The van der Waals surface area contributed by atoms with Crippen LogP contribution in [-0.4, -0.2) is 11.9 Å². The molecular weight excluding hydrogens is 352 g/mol. The SMILES string of the molecule is C=C1NC(=O)NC(C(=O)NC2CCC(c3ccccc3)c3ccccc32)=C1N. The molecule has 1 heterocycles. The van der Waals surface area contributed by atoms with Crippen molar-refractivity contribution in [2.24, 2.45) is 5.73 Å². The molecule has 2 aliphatic rings. The summed E-state index contributed by atoms with van der Waals surface area (Å²) in [6.45, 7) is 3.67. The van der Waals surface area contributed by atoms with Crippen molar-refractivity contribution >= 4 is 11.9 Å². The predicted molar refractivity (Wildman–Crippen MR) is 107 cm³/mol. The Morgan fingerprint density at radius 3 is 2.43 bits per heavy atom. The minimum absolute atomic E-state index is 0.0383. The molecule has 2 unspecified atom stereocenters. The first kappa shape index (κ1) is 17.9. The van der Waals surface area contributed by atoms with Gasteiger partial charge in [0, 0.05) is 5.92 Å². The fourth-order valence-electron chi connectivity index (χ4n) is 3.95. The van der Waals surface area contributed by atoms with Gasteiger partial charge in [0.15, 0.2) is 0 Å². The standard InChI is InChI=1S/C22H22N4O2/c1-13-19(23)20(26-22(28)24-13)21(27)25-18-12-11-15(14-7-3-2-4-8-14)16-9-5-6-10-17(16)18/h2-10,15,18H,1,11-12,23H2,(H,25,27)(H2,24,26,28). The van der Waals surface area contributed by atoms with Crippen LogP contribution in [0.25, 0.3) is 0 Å². The number of nitrogens with one attached hydrogen (secondary N) is 3. The zero-order valence-corrected chi connectivity index (χ0v) is 15.4. The van der Waals surface area contributed by atoms with Crippen molar-refractivity contribution in [3.63, 3.8) is 0 Å². The van der Waals surface area contributed by atoms with Crippen molar-refractivity contribution in [1.82, 2.24) is 16.0 Å². The highest BCUT2D eigenvalue weighted by molar-refractivity contribution is 6.00. The second-order valence-electron chi connectivity index (χ2n) is 7.04. The zero-order chi connectivity index (χ0) is 19.7. The summed E-state index contributed by atoms with van der Waals surface area (Å²) in [6, 6.07) is 17.9. The molecule has 1 aliphatic carbocycles. The molecule has 1 aliphatic heterocycles. The van der Waals surface area contributed by atoms with E-state index in [1.54, 1.807) is 0 Å². The van der Waals surface area contributed by atoms with Crippen molar-refractivity contribution in [2.75, 3.05) is 0 Å². The molecule has 0 bridgehead atoms. The van der Waals surface area contributed by atoms with Gasteiger partial charge >= 0.3 is 6.03 Å². The van der Waals surface area contributed by atoms with Crippen LogP contribution in [0.5, 0.6) is 0 Å². The number of benzene rings is 2. The maximum atomic E-state index is 12.8. The lowest BCUT2D eigenvalue weighted by Crippen LogP contribution is -2.47. The number of carbonyl (C=O) groups excluding carboxylic acids is 2. The Bertz CT molecular complexity index is 981. The van der Waals surface area contributed by atoms with Crippen LogP contribution in [0.2, 0.25) is 0 Å². The van der Waals surface area contributed by atoms with Crippen molar-refractivity contribution in [1.29, 1.82) is 0 Å². The van der Waals surface area contributed by atoms with E-state index < -0.39 is 11.9 Å². The number of hydrogen-bond acceptors (Lipinski definition) is 3. The van der Waals surface area contributed by atoms with Gasteiger partial charge in [-0.1, -0.05) is 61.2 Å². The maximum Gasteiger partial charge on any atom is 0.323 e. The number of nitrogens with two attached hydrogens (primary N) is 1. The van der Waals surface area contributed by atoms with Gasteiger partial charge in [0.05, 0.1) is 17.4 Å². The minimum Gasteiger partial charge on any atom is -0.395 e. The Morgan fingerprint density at radius 2 is 1.68 bits per heavy atom. The van der Waals surface area contributed by atoms with E-state index in [0.29, 0.717) is 5.92 Å². The van der Waals surface area contributed by atoms with E-state index in [9.17, 15) is 9.59 Å². The zero-order valence-electron chi connectivity index (χ0n) is 15.4. The summed E-state index contributed by atoms with van der Waals surface area (Å²) in [5.41, 5.74) is 9.91. The van der Waals surface area contributed by atoms with Gasteiger partial charge < -0.3 is 21.7 Å². The molecule has 5 N–H and O–H groups in total. The van der Waals surface area contributed by atoms with Crippen LogP contribution in [0.15, 0.2) is 78.3 Å². The number of fused-ring (bicyclic) bond motifs is 1. The molecule has 6 heteroatoms. The second-order valence-corrected chi connectivity index (χ2v) is 7.04. The molecule has 0 saturated heterocycles. The summed E-state index contributed by atoms with van der Waals surface area (Å²) in [5, 5.41) is 7.95. The van der Waals surface area contributed by atoms with E-state index in [1.165, 1.54) is 11.1 Å². The summed E-state index contributed by atoms with van der Waals surface area (Å²) in [4.78, 5) is 24.5. The summed E-state index contributed by atoms with van der Waals surface area (Å²) >= 11 is 0. The molecule has 0 spiro atoms. The maximum absolute atomic E-state index is 12.8. The molecule has 2 atom stereocenters. The van der Waals surface area contributed by atoms with Gasteiger partial charge in [0.2, 0.25) is 0 Å². The summed E-state index contributed by atoms with van der Waals surface area (Å²) in [5.74, 6) is -0.111. The predicted octanol–water partition coefficient (Wildman–Crippen LogP) is 2.77. The van der Waals surface area contributed by atoms with Crippen LogP contribution in [0.4, 0.5) is 4.79 Å². The average molecular weight is 374 g/mol. The van der Waals surface area contributed by atoms with Crippen LogP contribution < -0.4 is 21.7 Å². The van der Waals surface area contributed by atoms with Crippen molar-refractivity contribution in [3.05, 3.63) is 95.0 Å². The van der Waals surface area contributed by atoms with Crippen LogP contribution in [-0.2, 0) is 4.79 Å². The fourth-order valence-corrected chi connectivity index (χ4v) is 3.95. The number of hydrogen-bond donors (Lipinski definition) is 4. The molecule has 2 aromatic carbocycles. The van der Waals surface area contributed by atoms with E-state index in [2.05, 4.69) is 40.7 Å². The number of carbonyl (C=O) groups is 2. The molecule has 6 nitrogen and oxygen atoms in total. The Hall–Kier alpha value is -3.54. The number of amides is 3. The molecule has 4 rings (SSSR count). The van der Waals surface area contributed by atoms with Crippen molar-refractivity contribution < 1.29 is 9.59 Å². The first-order valence-electron chi connectivity index (χ1n) is 9.26. The molecule has 2 aromatic rings. The third kappa shape index (κ3) is 3.24. The van der Waals surface area contributed by atoms with Crippen LogP contribution >= 0.6 is 0 Å². The van der Waals surface area contributed by atoms with Crippen molar-refractivity contribution in [2.45, 2.75) is 24.8 Å². The largest absolute Gasteiger partial charge is 0.395 e. The monoisotopic (exact) mass is 374 g/mol. The Labute approximate surface area is 163 Å². The Balaban J connectivity index is 1.61. The van der Waals surface area contributed by atoms with Crippen molar-refractivity contribution in [3.8, 4) is 0 Å². The van der Waals surface area contributed by atoms with Crippen LogP contribution in [0.3, 0.4) is 0 Å². The first-order valence-corrected chi connectivity index (χ1v) is 9.26.